The van der Waals surface area contributed by atoms with Crippen LogP contribution in [0.15, 0.2) is 201 Å². The molecule has 9 N–H and O–H groups in total. The molecule has 0 saturated carbocycles. The number of pyridine rings is 3. The lowest BCUT2D eigenvalue weighted by Gasteiger charge is -2.03. The Kier molecular flexibility index (Phi) is 14.5. The highest BCUT2D eigenvalue weighted by Crippen LogP contribution is 2.42. The van der Waals surface area contributed by atoms with E-state index in [0.29, 0.717) is 68.7 Å². The summed E-state index contributed by atoms with van der Waals surface area (Å²) < 4.78 is 32.8. The van der Waals surface area contributed by atoms with Gasteiger partial charge in [0.1, 0.15) is 17.5 Å². The zero-order chi connectivity index (χ0) is 59.4. The SMILES string of the molecule is NC(=O)c1ccc(-c2nc(-c3ccc4c(c3)OCO4)c(-c3ccccn3)[nH]2)cc1.NC(=O)c1ccc(-c2nc(-c3ccc4c(c3)OCO4)c(-c3ccccn3)[nH]2)cc1.NC(=O)c1ccc(-c2nc(-c3ccc4c(c3)OCO4)c(-c3ccccn3)[nH]2)cc1. The third kappa shape index (κ3) is 11.3. The molecule has 0 unspecified atom stereocenters. The number of nitrogens with zero attached hydrogens (tertiary/aromatic N) is 6. The Morgan fingerprint density at radius 2 is 0.586 bits per heavy atom. The molecule has 0 atom stereocenters. The number of benzene rings is 6. The normalized spacial score (nSPS) is 12.1. The Morgan fingerprint density at radius 3 is 0.839 bits per heavy atom. The average Bonchev–Trinajstić information content (AvgIpc) is 3.01. The molecule has 21 nitrogen and oxygen atoms in total. The van der Waals surface area contributed by atoms with Crippen molar-refractivity contribution in [3.8, 4) is 137 Å². The first-order chi connectivity index (χ1) is 42.6. The van der Waals surface area contributed by atoms with Gasteiger partial charge in [0, 0.05) is 68.7 Å². The van der Waals surface area contributed by atoms with Crippen LogP contribution in [0.4, 0.5) is 0 Å². The lowest BCUT2D eigenvalue weighted by Crippen LogP contribution is -2.10. The Hall–Kier alpha value is -12.4. The Morgan fingerprint density at radius 1 is 0.322 bits per heavy atom. The average molecular weight is 1150 g/mol. The molecule has 0 bridgehead atoms. The molecule has 87 heavy (non-hydrogen) atoms. The lowest BCUT2D eigenvalue weighted by molar-refractivity contribution is 0.0992. The molecule has 0 spiro atoms. The summed E-state index contributed by atoms with van der Waals surface area (Å²) >= 11 is 0. The van der Waals surface area contributed by atoms with Crippen LogP contribution in [-0.4, -0.2) is 83.0 Å². The minimum Gasteiger partial charge on any atom is -0.454 e. The van der Waals surface area contributed by atoms with Crippen molar-refractivity contribution in [1.82, 2.24) is 44.9 Å². The van der Waals surface area contributed by atoms with E-state index in [4.69, 9.17) is 60.6 Å². The fourth-order valence-electron chi connectivity index (χ4n) is 9.75. The summed E-state index contributed by atoms with van der Waals surface area (Å²) in [7, 11) is 0. The van der Waals surface area contributed by atoms with E-state index in [1.54, 1.807) is 55.0 Å². The summed E-state index contributed by atoms with van der Waals surface area (Å²) in [5.41, 5.74) is 29.4. The number of amides is 3. The molecule has 12 aromatic rings. The fourth-order valence-corrected chi connectivity index (χ4v) is 9.75. The van der Waals surface area contributed by atoms with E-state index in [1.165, 1.54) is 0 Å². The first kappa shape index (κ1) is 53.9. The second-order valence-electron chi connectivity index (χ2n) is 19.6. The molecule has 15 rings (SSSR count). The Balaban J connectivity index is 0.000000121. The van der Waals surface area contributed by atoms with Crippen molar-refractivity contribution in [3.05, 3.63) is 217 Å². The number of nitrogens with one attached hydrogen (secondary N) is 3. The zero-order valence-corrected chi connectivity index (χ0v) is 45.8. The number of primary amides is 3. The van der Waals surface area contributed by atoms with Gasteiger partial charge in [-0.05, 0) is 127 Å². The van der Waals surface area contributed by atoms with Gasteiger partial charge in [0.2, 0.25) is 38.1 Å². The number of rotatable bonds is 12. The number of ether oxygens (including phenoxy) is 6. The van der Waals surface area contributed by atoms with E-state index in [9.17, 15) is 14.4 Å². The topological polar surface area (TPSA) is 309 Å². The maximum absolute atomic E-state index is 11.3. The van der Waals surface area contributed by atoms with Crippen LogP contribution < -0.4 is 45.6 Å². The molecule has 0 saturated heterocycles. The minimum atomic E-state index is -0.466. The number of carbonyl (C=O) groups excluding carboxylic acids is 3. The summed E-state index contributed by atoms with van der Waals surface area (Å²) in [5, 5.41) is 0. The number of fused-ring (bicyclic) bond motifs is 3. The van der Waals surface area contributed by atoms with Crippen LogP contribution in [0, 0.1) is 0 Å². The number of carbonyl (C=O) groups is 3. The van der Waals surface area contributed by atoms with Crippen LogP contribution in [0.3, 0.4) is 0 Å². The van der Waals surface area contributed by atoms with E-state index >= 15 is 0 Å². The van der Waals surface area contributed by atoms with E-state index in [1.807, 2.05) is 146 Å². The van der Waals surface area contributed by atoms with Crippen LogP contribution in [0.25, 0.3) is 102 Å². The first-order valence-electron chi connectivity index (χ1n) is 27.0. The zero-order valence-electron chi connectivity index (χ0n) is 45.8. The van der Waals surface area contributed by atoms with E-state index in [-0.39, 0.29) is 20.4 Å². The van der Waals surface area contributed by atoms with Crippen LogP contribution >= 0.6 is 0 Å². The summed E-state index contributed by atoms with van der Waals surface area (Å²) in [6.07, 6.45) is 5.21. The summed E-state index contributed by atoms with van der Waals surface area (Å²) in [6, 6.07) is 55.2. The molecule has 0 aliphatic carbocycles. The molecule has 0 fully saturated rings. The molecule has 6 aromatic heterocycles. The number of imidazole rings is 3. The molecular weight excluding hydrogens is 1100 g/mol. The van der Waals surface area contributed by atoms with Gasteiger partial charge in [0.05, 0.1) is 51.2 Å². The summed E-state index contributed by atoms with van der Waals surface area (Å²) in [4.78, 5) is 72.0. The van der Waals surface area contributed by atoms with Crippen molar-refractivity contribution < 1.29 is 42.8 Å². The van der Waals surface area contributed by atoms with Gasteiger partial charge >= 0.3 is 0 Å². The maximum atomic E-state index is 11.3. The van der Waals surface area contributed by atoms with Crippen LogP contribution in [-0.2, 0) is 0 Å². The van der Waals surface area contributed by atoms with Gasteiger partial charge in [-0.25, -0.2) is 15.0 Å². The third-order valence-corrected chi connectivity index (χ3v) is 14.1. The van der Waals surface area contributed by atoms with Crippen molar-refractivity contribution >= 4 is 17.7 Å². The molecule has 3 amide bonds. The minimum absolute atomic E-state index is 0.212. The quantitative estimate of drug-likeness (QED) is 0.0662. The van der Waals surface area contributed by atoms with Crippen LogP contribution in [0.2, 0.25) is 0 Å². The smallest absolute Gasteiger partial charge is 0.248 e. The van der Waals surface area contributed by atoms with Gasteiger partial charge in [-0.1, -0.05) is 54.6 Å². The molecule has 3 aliphatic rings. The summed E-state index contributed by atoms with van der Waals surface area (Å²) in [6.45, 7) is 0.637. The van der Waals surface area contributed by atoms with Crippen molar-refractivity contribution in [1.29, 1.82) is 0 Å². The standard InChI is InChI=1S/3C22H16N4O3/c3*23-21(27)13-4-6-14(7-5-13)22-25-19(20(26-22)16-3-1-2-10-24-16)15-8-9-17-18(11-15)29-12-28-17/h3*1-11H,12H2,(H2,23,27)(H,25,26). The van der Waals surface area contributed by atoms with E-state index in [2.05, 4.69) is 29.9 Å². The highest BCUT2D eigenvalue weighted by Gasteiger charge is 2.24. The fraction of sp³-hybridized carbons (Fsp3) is 0.0455. The predicted molar refractivity (Wildman–Crippen MR) is 322 cm³/mol. The van der Waals surface area contributed by atoms with E-state index in [0.717, 1.165) is 84.6 Å². The second kappa shape index (κ2) is 23.5. The number of nitrogens with two attached hydrogens (primary N) is 3. The van der Waals surface area contributed by atoms with Crippen LogP contribution in [0.5, 0.6) is 34.5 Å². The number of aromatic amines is 3. The number of H-pyrrole nitrogens is 3. The molecule has 9 heterocycles. The van der Waals surface area contributed by atoms with Crippen LogP contribution in [0.1, 0.15) is 31.1 Å². The molecular formula is C66H48N12O9. The van der Waals surface area contributed by atoms with Crippen molar-refractivity contribution in [2.45, 2.75) is 0 Å². The molecule has 0 radical (unpaired) electrons. The summed E-state index contributed by atoms with van der Waals surface area (Å²) in [5.74, 6) is 4.78. The molecule has 6 aromatic carbocycles. The maximum Gasteiger partial charge on any atom is 0.248 e. The van der Waals surface area contributed by atoms with Crippen molar-refractivity contribution in [3.63, 3.8) is 0 Å². The predicted octanol–water partition coefficient (Wildman–Crippen LogP) is 10.9. The van der Waals surface area contributed by atoms with Gasteiger partial charge in [-0.3, -0.25) is 29.3 Å². The Bertz CT molecular complexity index is 4060. The highest BCUT2D eigenvalue weighted by atomic mass is 16.7. The number of hydrogen-bond acceptors (Lipinski definition) is 15. The highest BCUT2D eigenvalue weighted by molar-refractivity contribution is 5.95. The van der Waals surface area contributed by atoms with Gasteiger partial charge in [-0.2, -0.15) is 0 Å². The van der Waals surface area contributed by atoms with Gasteiger partial charge in [0.25, 0.3) is 0 Å². The first-order valence-corrected chi connectivity index (χ1v) is 27.0. The number of aromatic nitrogens is 9. The molecule has 426 valence electrons. The molecule has 21 heteroatoms. The third-order valence-electron chi connectivity index (χ3n) is 14.1. The van der Waals surface area contributed by atoms with E-state index < -0.39 is 17.7 Å². The number of hydrogen-bond donors (Lipinski definition) is 6. The molecule has 3 aliphatic heterocycles. The van der Waals surface area contributed by atoms with Crippen molar-refractivity contribution in [2.75, 3.05) is 20.4 Å². The Labute approximate surface area is 494 Å². The lowest BCUT2D eigenvalue weighted by atomic mass is 10.1. The monoisotopic (exact) mass is 1150 g/mol. The second-order valence-corrected chi connectivity index (χ2v) is 19.6. The largest absolute Gasteiger partial charge is 0.454 e. The van der Waals surface area contributed by atoms with Crippen molar-refractivity contribution in [2.24, 2.45) is 17.2 Å². The van der Waals surface area contributed by atoms with Gasteiger partial charge in [-0.15, -0.1) is 0 Å². The van der Waals surface area contributed by atoms with Gasteiger partial charge in [0.15, 0.2) is 34.5 Å². The van der Waals surface area contributed by atoms with Gasteiger partial charge < -0.3 is 60.6 Å².